The zero-order valence-electron chi connectivity index (χ0n) is 23.5. The van der Waals surface area contributed by atoms with Gasteiger partial charge in [-0.3, -0.25) is 24.0 Å². The topological polar surface area (TPSA) is 291 Å². The number of ether oxygens (including phenoxy) is 2. The number of alkyl halides is 1. The summed E-state index contributed by atoms with van der Waals surface area (Å²) in [4.78, 5) is 48.0. The van der Waals surface area contributed by atoms with Crippen molar-refractivity contribution in [1.82, 2.24) is 4.98 Å². The van der Waals surface area contributed by atoms with Gasteiger partial charge in [-0.05, 0) is 22.0 Å². The van der Waals surface area contributed by atoms with Crippen molar-refractivity contribution in [2.75, 3.05) is 6.61 Å². The molecule has 1 aromatic carbocycles. The van der Waals surface area contributed by atoms with Crippen molar-refractivity contribution in [3.05, 3.63) is 30.3 Å². The first-order valence-corrected chi connectivity index (χ1v) is 12.9. The Hall–Kier alpha value is -3.33. The van der Waals surface area contributed by atoms with Crippen LogP contribution in [0.5, 0.6) is 5.88 Å². The Bertz CT molecular complexity index is 1020. The van der Waals surface area contributed by atoms with Crippen molar-refractivity contribution in [1.29, 1.82) is 0 Å². The summed E-state index contributed by atoms with van der Waals surface area (Å²) in [5.74, 6) is -3.81. The molecule has 1 fully saturated rings. The molecule has 3 rings (SSSR count). The minimum atomic E-state index is -1.55. The first kappa shape index (κ1) is 44.1. The van der Waals surface area contributed by atoms with Crippen LogP contribution in [0.3, 0.4) is 0 Å². The quantitative estimate of drug-likeness (QED) is 0.201. The van der Waals surface area contributed by atoms with E-state index in [4.69, 9.17) is 62.8 Å². The standard InChI is InChI=1S/C14H15Br2NO6.5C2H4O2/c15-14(6-21-16)12(19)11(10(18)13(20)23-14)22-9-5-7-3-1-2-4-8(7)17-9;5*1-2(3)4/h1-5,10-13,17-20H,6H2;5*1H3,(H,3,4)/t10-,11-,12-,13-,14-;;;;;/m1...../s1. The van der Waals surface area contributed by atoms with Gasteiger partial charge in [0.05, 0.1) is 16.3 Å². The average Bonchev–Trinajstić information content (AvgIpc) is 3.22. The van der Waals surface area contributed by atoms with E-state index in [0.717, 1.165) is 45.5 Å². The van der Waals surface area contributed by atoms with E-state index >= 15 is 0 Å². The lowest BCUT2D eigenvalue weighted by Crippen LogP contribution is -2.65. The number of H-pyrrole nitrogens is 1. The van der Waals surface area contributed by atoms with Crippen LogP contribution in [0, 0.1) is 0 Å². The number of aliphatic hydroxyl groups is 3. The number of carbonyl (C=O) groups is 5. The number of aliphatic carboxylic acids is 5. The lowest BCUT2D eigenvalue weighted by atomic mass is 9.99. The number of aliphatic hydroxyl groups excluding tert-OH is 3. The number of benzene rings is 1. The number of fused-ring (bicyclic) bond motifs is 1. The van der Waals surface area contributed by atoms with E-state index in [0.29, 0.717) is 5.88 Å². The van der Waals surface area contributed by atoms with Crippen molar-refractivity contribution >= 4 is 72.9 Å². The highest BCUT2D eigenvalue weighted by Gasteiger charge is 2.54. The second kappa shape index (κ2) is 23.2. The van der Waals surface area contributed by atoms with Crippen molar-refractivity contribution in [2.45, 2.75) is 63.7 Å². The maximum atomic E-state index is 10.5. The van der Waals surface area contributed by atoms with Gasteiger partial charge in [-0.25, -0.2) is 0 Å². The third-order valence-corrected chi connectivity index (χ3v) is 4.83. The number of carboxylic acids is 5. The molecular weight excluding hydrogens is 718 g/mol. The lowest BCUT2D eigenvalue weighted by molar-refractivity contribution is -0.289. The normalized spacial score (nSPS) is 21.4. The third kappa shape index (κ3) is 23.9. The van der Waals surface area contributed by atoms with E-state index in [9.17, 15) is 15.3 Å². The van der Waals surface area contributed by atoms with Gasteiger partial charge in [0.25, 0.3) is 29.8 Å². The van der Waals surface area contributed by atoms with E-state index in [-0.39, 0.29) is 6.61 Å². The fourth-order valence-corrected chi connectivity index (χ4v) is 3.73. The van der Waals surface area contributed by atoms with Crippen LogP contribution in [0.2, 0.25) is 0 Å². The first-order valence-electron chi connectivity index (χ1n) is 11.5. The van der Waals surface area contributed by atoms with Gasteiger partial charge in [0.2, 0.25) is 0 Å². The smallest absolute Gasteiger partial charge is 0.300 e. The van der Waals surface area contributed by atoms with E-state index in [1.54, 1.807) is 6.07 Å². The highest BCUT2D eigenvalue weighted by molar-refractivity contribution is 9.10. The van der Waals surface area contributed by atoms with Gasteiger partial charge in [-0.1, -0.05) is 18.2 Å². The second-order valence-electron chi connectivity index (χ2n) is 7.88. The number of hydrogen-bond donors (Lipinski definition) is 9. The SMILES string of the molecule is CC(=O)O.CC(=O)O.CC(=O)O.CC(=O)O.CC(=O)O.O[C@@H]1[C@@H](Oc2cc3ccccc3[nH]2)[C@@H](O)[C@@](Br)(COBr)O[C@H]1O. The Balaban J connectivity index is -0.000000654. The van der Waals surface area contributed by atoms with E-state index < -0.39 is 59.0 Å². The summed E-state index contributed by atoms with van der Waals surface area (Å²) >= 11 is 5.97. The number of carboxylic acid groups (broad SMARTS) is 5. The zero-order chi connectivity index (χ0) is 34.5. The van der Waals surface area contributed by atoms with Gasteiger partial charge in [0.15, 0.2) is 22.8 Å². The monoisotopic (exact) mass is 751 g/mol. The molecule has 1 aliphatic heterocycles. The highest BCUT2D eigenvalue weighted by Crippen LogP contribution is 2.37. The molecule has 0 unspecified atom stereocenters. The summed E-state index contributed by atoms with van der Waals surface area (Å²) in [5.41, 5.74) is 0.855. The van der Waals surface area contributed by atoms with E-state index in [1.807, 2.05) is 24.3 Å². The molecule has 17 nitrogen and oxygen atoms in total. The molecule has 0 amide bonds. The molecule has 0 aliphatic carbocycles. The highest BCUT2D eigenvalue weighted by atomic mass is 79.9. The van der Waals surface area contributed by atoms with Crippen molar-refractivity contribution in [2.24, 2.45) is 0 Å². The van der Waals surface area contributed by atoms with Gasteiger partial charge in [0.1, 0.15) is 18.8 Å². The number of nitrogens with one attached hydrogen (secondary N) is 1. The van der Waals surface area contributed by atoms with Crippen LogP contribution in [0.15, 0.2) is 30.3 Å². The lowest BCUT2D eigenvalue weighted by Gasteiger charge is -2.44. The van der Waals surface area contributed by atoms with Crippen LogP contribution in [-0.4, -0.2) is 111 Å². The largest absolute Gasteiger partial charge is 0.481 e. The predicted molar refractivity (Wildman–Crippen MR) is 155 cm³/mol. The van der Waals surface area contributed by atoms with Crippen molar-refractivity contribution in [3.63, 3.8) is 0 Å². The summed E-state index contributed by atoms with van der Waals surface area (Å²) < 4.78 is 14.3. The van der Waals surface area contributed by atoms with Crippen molar-refractivity contribution < 1.29 is 78.1 Å². The molecule has 5 atom stereocenters. The molecular formula is C24H35Br2NO16. The Kier molecular flexibility index (Phi) is 23.8. The second-order valence-corrected chi connectivity index (χ2v) is 9.68. The molecule has 19 heteroatoms. The summed E-state index contributed by atoms with van der Waals surface area (Å²) in [6, 6.07) is 9.28. The van der Waals surface area contributed by atoms with Crippen LogP contribution in [0.25, 0.3) is 10.9 Å². The average molecular weight is 753 g/mol. The third-order valence-electron chi connectivity index (χ3n) is 3.72. The number of aromatic amines is 1. The Morgan fingerprint density at radius 1 is 0.837 bits per heavy atom. The summed E-state index contributed by atoms with van der Waals surface area (Å²) in [7, 11) is 0. The number of hydrogen-bond acceptors (Lipinski definition) is 11. The molecule has 0 spiro atoms. The Morgan fingerprint density at radius 2 is 1.23 bits per heavy atom. The molecule has 2 heterocycles. The van der Waals surface area contributed by atoms with Crippen LogP contribution in [-0.2, 0) is 32.5 Å². The predicted octanol–water partition coefficient (Wildman–Crippen LogP) is 1.86. The number of halogens is 2. The van der Waals surface area contributed by atoms with Crippen LogP contribution >= 0.6 is 32.2 Å². The Labute approximate surface area is 262 Å². The van der Waals surface area contributed by atoms with E-state index in [2.05, 4.69) is 37.2 Å². The zero-order valence-corrected chi connectivity index (χ0v) is 26.7. The van der Waals surface area contributed by atoms with Gasteiger partial charge < -0.3 is 59.1 Å². The summed E-state index contributed by atoms with van der Waals surface area (Å²) in [6.45, 7) is 5.30. The van der Waals surface area contributed by atoms with Crippen molar-refractivity contribution in [3.8, 4) is 5.88 Å². The molecule has 246 valence electrons. The maximum absolute atomic E-state index is 10.5. The Morgan fingerprint density at radius 3 is 1.60 bits per heavy atom. The summed E-state index contributed by atoms with van der Waals surface area (Å²) in [5, 5.41) is 68.4. The molecule has 0 radical (unpaired) electrons. The minimum absolute atomic E-state index is 0.121. The number of rotatable bonds is 4. The molecule has 1 saturated heterocycles. The minimum Gasteiger partial charge on any atom is -0.481 e. The molecule has 0 saturated carbocycles. The van der Waals surface area contributed by atoms with Crippen LogP contribution in [0.1, 0.15) is 34.6 Å². The number of aromatic nitrogens is 1. The first-order chi connectivity index (χ1) is 19.6. The molecule has 1 aromatic heterocycles. The maximum Gasteiger partial charge on any atom is 0.300 e. The fraction of sp³-hybridized carbons (Fsp3) is 0.458. The van der Waals surface area contributed by atoms with E-state index in [1.165, 1.54) is 0 Å². The van der Waals surface area contributed by atoms with Gasteiger partial charge >= 0.3 is 0 Å². The van der Waals surface area contributed by atoms with Gasteiger partial charge in [-0.15, -0.1) is 0 Å². The van der Waals surface area contributed by atoms with Gasteiger partial charge in [0, 0.05) is 51.6 Å². The summed E-state index contributed by atoms with van der Waals surface area (Å²) in [6.07, 6.45) is -5.41. The number of para-hydroxylation sites is 1. The van der Waals surface area contributed by atoms with Crippen LogP contribution < -0.4 is 4.74 Å². The fourth-order valence-electron chi connectivity index (χ4n) is 2.52. The molecule has 0 bridgehead atoms. The van der Waals surface area contributed by atoms with Crippen LogP contribution in [0.4, 0.5) is 0 Å². The molecule has 1 aliphatic rings. The van der Waals surface area contributed by atoms with Gasteiger partial charge in [-0.2, -0.15) is 0 Å². The molecule has 43 heavy (non-hydrogen) atoms. The molecule has 9 N–H and O–H groups in total. The molecule has 2 aromatic rings.